The van der Waals surface area contributed by atoms with Crippen LogP contribution in [0.3, 0.4) is 0 Å². The quantitative estimate of drug-likeness (QED) is 0.527. The lowest BCUT2D eigenvalue weighted by Gasteiger charge is -2.50. The van der Waals surface area contributed by atoms with Crippen LogP contribution in [0.5, 0.6) is 0 Å². The van der Waals surface area contributed by atoms with Crippen LogP contribution < -0.4 is 0 Å². The zero-order chi connectivity index (χ0) is 16.2. The van der Waals surface area contributed by atoms with Crippen molar-refractivity contribution >= 4 is 15.7 Å². The van der Waals surface area contributed by atoms with Crippen molar-refractivity contribution in [2.24, 2.45) is 5.41 Å². The SMILES string of the molecule is C=CCOCC12CCCOC1CCN(C(=O)CS(C)(=O)=O)C2. The van der Waals surface area contributed by atoms with Gasteiger partial charge in [-0.25, -0.2) is 8.42 Å². The number of sulfone groups is 1. The van der Waals surface area contributed by atoms with Gasteiger partial charge in [0.05, 0.1) is 19.3 Å². The minimum atomic E-state index is -3.31. The van der Waals surface area contributed by atoms with Gasteiger partial charge in [-0.3, -0.25) is 4.79 Å². The number of amides is 1. The predicted molar refractivity (Wildman–Crippen MR) is 83.3 cm³/mol. The van der Waals surface area contributed by atoms with Crippen LogP contribution in [0, 0.1) is 5.41 Å². The van der Waals surface area contributed by atoms with Crippen LogP contribution in [0.2, 0.25) is 0 Å². The molecule has 2 saturated heterocycles. The largest absolute Gasteiger partial charge is 0.377 e. The van der Waals surface area contributed by atoms with E-state index in [-0.39, 0.29) is 17.4 Å². The lowest BCUT2D eigenvalue weighted by molar-refractivity contribution is -0.162. The molecule has 2 aliphatic heterocycles. The molecule has 0 aromatic rings. The van der Waals surface area contributed by atoms with Crippen LogP contribution in [-0.4, -0.2) is 70.2 Å². The minimum Gasteiger partial charge on any atom is -0.377 e. The monoisotopic (exact) mass is 331 g/mol. The van der Waals surface area contributed by atoms with Crippen molar-refractivity contribution in [1.82, 2.24) is 4.90 Å². The van der Waals surface area contributed by atoms with Gasteiger partial charge in [-0.15, -0.1) is 6.58 Å². The van der Waals surface area contributed by atoms with Gasteiger partial charge in [-0.2, -0.15) is 0 Å². The van der Waals surface area contributed by atoms with Crippen LogP contribution >= 0.6 is 0 Å². The summed E-state index contributed by atoms with van der Waals surface area (Å²) < 4.78 is 34.2. The van der Waals surface area contributed by atoms with Gasteiger partial charge >= 0.3 is 0 Å². The van der Waals surface area contributed by atoms with E-state index >= 15 is 0 Å². The summed E-state index contributed by atoms with van der Waals surface area (Å²) in [6, 6.07) is 0. The molecule has 2 heterocycles. The number of carbonyl (C=O) groups is 1. The van der Waals surface area contributed by atoms with E-state index in [1.807, 2.05) is 0 Å². The summed E-state index contributed by atoms with van der Waals surface area (Å²) in [4.78, 5) is 13.9. The van der Waals surface area contributed by atoms with Crippen LogP contribution in [0.4, 0.5) is 0 Å². The number of piperidine rings is 1. The number of rotatable bonds is 6. The number of carbonyl (C=O) groups excluding carboxylic acids is 1. The normalized spacial score (nSPS) is 29.0. The zero-order valence-corrected chi connectivity index (χ0v) is 13.9. The maximum Gasteiger partial charge on any atom is 0.237 e. The van der Waals surface area contributed by atoms with Gasteiger partial charge in [0.25, 0.3) is 0 Å². The highest BCUT2D eigenvalue weighted by Gasteiger charge is 2.47. The molecule has 2 unspecified atom stereocenters. The molecule has 22 heavy (non-hydrogen) atoms. The van der Waals surface area contributed by atoms with E-state index < -0.39 is 15.6 Å². The van der Waals surface area contributed by atoms with Gasteiger partial charge < -0.3 is 14.4 Å². The fourth-order valence-electron chi connectivity index (χ4n) is 3.37. The molecule has 0 aliphatic carbocycles. The Morgan fingerprint density at radius 3 is 3.00 bits per heavy atom. The summed E-state index contributed by atoms with van der Waals surface area (Å²) >= 11 is 0. The molecule has 0 aromatic carbocycles. The van der Waals surface area contributed by atoms with E-state index in [0.717, 1.165) is 32.1 Å². The number of hydrogen-bond acceptors (Lipinski definition) is 5. The highest BCUT2D eigenvalue weighted by molar-refractivity contribution is 7.91. The molecule has 0 spiro atoms. The Morgan fingerprint density at radius 2 is 2.32 bits per heavy atom. The lowest BCUT2D eigenvalue weighted by atomic mass is 9.73. The second-order valence-electron chi connectivity index (χ2n) is 6.30. The third-order valence-corrected chi connectivity index (χ3v) is 5.12. The highest BCUT2D eigenvalue weighted by Crippen LogP contribution is 2.40. The van der Waals surface area contributed by atoms with Crippen molar-refractivity contribution in [3.05, 3.63) is 12.7 Å². The lowest BCUT2D eigenvalue weighted by Crippen LogP contribution is -2.58. The smallest absolute Gasteiger partial charge is 0.237 e. The molecule has 0 N–H and O–H groups in total. The molecule has 2 rings (SSSR count). The molecule has 7 heteroatoms. The van der Waals surface area contributed by atoms with Crippen LogP contribution in [0.25, 0.3) is 0 Å². The van der Waals surface area contributed by atoms with E-state index in [0.29, 0.717) is 26.3 Å². The first-order chi connectivity index (χ1) is 10.4. The fraction of sp³-hybridized carbons (Fsp3) is 0.800. The van der Waals surface area contributed by atoms with Crippen molar-refractivity contribution in [3.63, 3.8) is 0 Å². The molecule has 1 amide bonds. The van der Waals surface area contributed by atoms with Gasteiger partial charge in [-0.05, 0) is 19.3 Å². The number of ether oxygens (including phenoxy) is 2. The Balaban J connectivity index is 2.08. The molecule has 2 atom stereocenters. The number of hydrogen-bond donors (Lipinski definition) is 0. The molecule has 126 valence electrons. The van der Waals surface area contributed by atoms with Crippen molar-refractivity contribution < 1.29 is 22.7 Å². The third-order valence-electron chi connectivity index (χ3n) is 4.35. The molecule has 0 saturated carbocycles. The Kier molecular flexibility index (Phi) is 5.63. The molecule has 0 radical (unpaired) electrons. The summed E-state index contributed by atoms with van der Waals surface area (Å²) in [6.45, 7) is 6.40. The average Bonchev–Trinajstić information content (AvgIpc) is 2.45. The van der Waals surface area contributed by atoms with Crippen LogP contribution in [0.15, 0.2) is 12.7 Å². The molecular formula is C15H25NO5S. The van der Waals surface area contributed by atoms with Crippen LogP contribution in [-0.2, 0) is 24.1 Å². The minimum absolute atomic E-state index is 0.0772. The summed E-state index contributed by atoms with van der Waals surface area (Å²) in [5.41, 5.74) is -0.229. The van der Waals surface area contributed by atoms with Crippen molar-refractivity contribution in [2.75, 3.05) is 44.9 Å². The Labute approximate surface area is 132 Å². The number of likely N-dealkylation sites (tertiary alicyclic amines) is 1. The fourth-order valence-corrected chi connectivity index (χ4v) is 4.01. The Bertz CT molecular complexity index is 518. The van der Waals surface area contributed by atoms with Gasteiger partial charge in [-0.1, -0.05) is 6.08 Å². The molecular weight excluding hydrogens is 306 g/mol. The number of nitrogens with zero attached hydrogens (tertiary/aromatic N) is 1. The van der Waals surface area contributed by atoms with Gasteiger partial charge in [0.2, 0.25) is 5.91 Å². The number of fused-ring (bicyclic) bond motifs is 1. The molecule has 2 fully saturated rings. The molecule has 0 aromatic heterocycles. The van der Waals surface area contributed by atoms with Crippen molar-refractivity contribution in [1.29, 1.82) is 0 Å². The first-order valence-electron chi connectivity index (χ1n) is 7.62. The topological polar surface area (TPSA) is 72.9 Å². The first-order valence-corrected chi connectivity index (χ1v) is 9.68. The highest BCUT2D eigenvalue weighted by atomic mass is 32.2. The second kappa shape index (κ2) is 7.10. The molecule has 6 nitrogen and oxygen atoms in total. The van der Waals surface area contributed by atoms with Gasteiger partial charge in [0.15, 0.2) is 9.84 Å². The maximum atomic E-state index is 12.2. The Hall–Kier alpha value is -0.920. The molecule has 0 bridgehead atoms. The van der Waals surface area contributed by atoms with Crippen LogP contribution in [0.1, 0.15) is 19.3 Å². The summed E-state index contributed by atoms with van der Waals surface area (Å²) in [5, 5.41) is 0. The predicted octanol–water partition coefficient (Wildman–Crippen LogP) is 0.631. The standard InChI is InChI=1S/C15H25NO5S/c1-3-8-20-12-15-6-4-9-21-13(15)5-7-16(11-15)14(17)10-22(2,18)19/h3,13H,1,4-12H2,2H3. The van der Waals surface area contributed by atoms with Gasteiger partial charge in [0.1, 0.15) is 5.75 Å². The van der Waals surface area contributed by atoms with E-state index in [2.05, 4.69) is 6.58 Å². The maximum absolute atomic E-state index is 12.2. The summed E-state index contributed by atoms with van der Waals surface area (Å²) in [6.07, 6.45) is 5.45. The zero-order valence-electron chi connectivity index (χ0n) is 13.1. The summed E-state index contributed by atoms with van der Waals surface area (Å²) in [7, 11) is -3.31. The summed E-state index contributed by atoms with van der Waals surface area (Å²) in [5.74, 6) is -0.753. The first kappa shape index (κ1) is 17.4. The van der Waals surface area contributed by atoms with E-state index in [1.165, 1.54) is 0 Å². The van der Waals surface area contributed by atoms with E-state index in [1.54, 1.807) is 11.0 Å². The Morgan fingerprint density at radius 1 is 1.55 bits per heavy atom. The third kappa shape index (κ3) is 4.30. The van der Waals surface area contributed by atoms with Gasteiger partial charge in [0, 0.05) is 31.4 Å². The van der Waals surface area contributed by atoms with E-state index in [4.69, 9.17) is 9.47 Å². The molecule has 2 aliphatic rings. The van der Waals surface area contributed by atoms with Crippen molar-refractivity contribution in [3.8, 4) is 0 Å². The second-order valence-corrected chi connectivity index (χ2v) is 8.44. The van der Waals surface area contributed by atoms with Crippen molar-refractivity contribution in [2.45, 2.75) is 25.4 Å². The average molecular weight is 331 g/mol. The van der Waals surface area contributed by atoms with E-state index in [9.17, 15) is 13.2 Å².